The van der Waals surface area contributed by atoms with Crippen molar-refractivity contribution in [1.29, 1.82) is 0 Å². The Morgan fingerprint density at radius 1 is 0.446 bits per heavy atom. The van der Waals surface area contributed by atoms with Crippen molar-refractivity contribution in [2.45, 2.75) is 51.4 Å². The maximum Gasteiger partial charge on any atom is 0.255 e. The van der Waals surface area contributed by atoms with Crippen molar-refractivity contribution in [1.82, 2.24) is 0 Å². The molecule has 0 saturated heterocycles. The molecule has 7 rings (SSSR count). The number of nitrogens with zero attached hydrogens (tertiary/aromatic N) is 2. The number of amides is 2. The van der Waals surface area contributed by atoms with Gasteiger partial charge in [0.2, 0.25) is 0 Å². The van der Waals surface area contributed by atoms with Gasteiger partial charge in [0, 0.05) is 31.1 Å². The van der Waals surface area contributed by atoms with Crippen molar-refractivity contribution in [3.05, 3.63) is 210 Å². The van der Waals surface area contributed by atoms with Crippen molar-refractivity contribution in [3.63, 3.8) is 0 Å². The Morgan fingerprint density at radius 3 is 1.09 bits per heavy atom. The molecule has 0 aliphatic heterocycles. The number of ether oxygens (including phenoxy) is 2. The third-order valence-corrected chi connectivity index (χ3v) is 11.7. The molecule has 2 amide bonds. The van der Waals surface area contributed by atoms with Crippen LogP contribution in [0.1, 0.15) is 35.1 Å². The standard InChI is InChI=1S/C48H42I2N2O4/c49-41-25-13-15-27-43(41)51(31-35-17-5-1-6-18-35)47(53)39-29-45(55-33-37-21-9-3-10-22-37)46(56-34-38-23-11-4-12-24-38)30-40(39)48(54)52(32-36-19-7-2-8-20-36)44-28-16-14-26-42(44)50/h1-28,45-46H,29-34H2/t45-,46-/m0/s1. The Bertz CT molecular complexity index is 2090. The van der Waals surface area contributed by atoms with Crippen LogP contribution in [0.2, 0.25) is 0 Å². The molecule has 0 aromatic heterocycles. The summed E-state index contributed by atoms with van der Waals surface area (Å²) in [6, 6.07) is 55.8. The molecule has 6 aromatic carbocycles. The third kappa shape index (κ3) is 10.0. The molecule has 0 saturated carbocycles. The number of carbonyl (C=O) groups excluding carboxylic acids is 2. The number of anilines is 2. The second kappa shape index (κ2) is 19.5. The van der Waals surface area contributed by atoms with E-state index >= 15 is 9.59 Å². The molecule has 0 fully saturated rings. The maximum absolute atomic E-state index is 15.5. The van der Waals surface area contributed by atoms with Crippen LogP contribution in [0.3, 0.4) is 0 Å². The summed E-state index contributed by atoms with van der Waals surface area (Å²) in [7, 11) is 0. The monoisotopic (exact) mass is 964 g/mol. The van der Waals surface area contributed by atoms with Gasteiger partial charge in [0.15, 0.2) is 0 Å². The normalized spacial score (nSPS) is 15.3. The van der Waals surface area contributed by atoms with Crippen LogP contribution >= 0.6 is 45.2 Å². The molecule has 0 heterocycles. The van der Waals surface area contributed by atoms with Crippen molar-refractivity contribution in [3.8, 4) is 0 Å². The highest BCUT2D eigenvalue weighted by atomic mass is 127. The topological polar surface area (TPSA) is 59.1 Å². The van der Waals surface area contributed by atoms with Crippen LogP contribution < -0.4 is 9.80 Å². The molecule has 56 heavy (non-hydrogen) atoms. The van der Waals surface area contributed by atoms with E-state index in [0.717, 1.165) is 40.8 Å². The van der Waals surface area contributed by atoms with Gasteiger partial charge in [-0.15, -0.1) is 0 Å². The Hall–Kier alpha value is -4.62. The van der Waals surface area contributed by atoms with Gasteiger partial charge in [-0.3, -0.25) is 9.59 Å². The van der Waals surface area contributed by atoms with Crippen LogP contribution in [-0.4, -0.2) is 24.0 Å². The predicted molar refractivity (Wildman–Crippen MR) is 240 cm³/mol. The molecular weight excluding hydrogens is 922 g/mol. The first kappa shape index (κ1) is 39.6. The highest BCUT2D eigenvalue weighted by molar-refractivity contribution is 14.1. The van der Waals surface area contributed by atoms with Crippen molar-refractivity contribution < 1.29 is 19.1 Å². The second-order valence-corrected chi connectivity index (χ2v) is 16.0. The van der Waals surface area contributed by atoms with Crippen LogP contribution in [0.4, 0.5) is 11.4 Å². The molecule has 8 heteroatoms. The molecule has 0 unspecified atom stereocenters. The summed E-state index contributed by atoms with van der Waals surface area (Å²) < 4.78 is 15.3. The summed E-state index contributed by atoms with van der Waals surface area (Å²) >= 11 is 4.58. The minimum atomic E-state index is -0.498. The average Bonchev–Trinajstić information content (AvgIpc) is 3.25. The summed E-state index contributed by atoms with van der Waals surface area (Å²) in [5.74, 6) is -0.447. The fraction of sp³-hybridized carbons (Fsp3) is 0.167. The highest BCUT2D eigenvalue weighted by Gasteiger charge is 2.40. The van der Waals surface area contributed by atoms with Gasteiger partial charge < -0.3 is 19.3 Å². The fourth-order valence-corrected chi connectivity index (χ4v) is 8.32. The maximum atomic E-state index is 15.5. The average molecular weight is 965 g/mol. The van der Waals surface area contributed by atoms with E-state index in [-0.39, 0.29) is 24.7 Å². The minimum Gasteiger partial charge on any atom is -0.370 e. The molecule has 2 atom stereocenters. The first-order chi connectivity index (χ1) is 27.4. The Labute approximate surface area is 356 Å². The lowest BCUT2D eigenvalue weighted by atomic mass is 9.85. The molecule has 6 aromatic rings. The van der Waals surface area contributed by atoms with Crippen LogP contribution in [0.5, 0.6) is 0 Å². The molecule has 0 radical (unpaired) electrons. The number of para-hydroxylation sites is 2. The van der Waals surface area contributed by atoms with E-state index in [1.165, 1.54) is 0 Å². The van der Waals surface area contributed by atoms with Crippen molar-refractivity contribution in [2.75, 3.05) is 9.80 Å². The summed E-state index contributed by atoms with van der Waals surface area (Å²) in [6.45, 7) is 1.35. The lowest BCUT2D eigenvalue weighted by Gasteiger charge is -2.37. The number of rotatable bonds is 14. The molecule has 1 aliphatic carbocycles. The zero-order chi connectivity index (χ0) is 38.7. The largest absolute Gasteiger partial charge is 0.370 e. The van der Waals surface area contributed by atoms with Crippen LogP contribution in [0.25, 0.3) is 0 Å². The number of hydrogen-bond donors (Lipinski definition) is 0. The predicted octanol–water partition coefficient (Wildman–Crippen LogP) is 10.9. The first-order valence-electron chi connectivity index (χ1n) is 18.7. The fourth-order valence-electron chi connectivity index (χ4n) is 6.96. The zero-order valence-electron chi connectivity index (χ0n) is 30.8. The van der Waals surface area contributed by atoms with Crippen LogP contribution in [0, 0.1) is 7.14 Å². The zero-order valence-corrected chi connectivity index (χ0v) is 35.2. The van der Waals surface area contributed by atoms with Gasteiger partial charge in [0.25, 0.3) is 11.8 Å². The van der Waals surface area contributed by atoms with Gasteiger partial charge in [-0.05, 0) is 91.7 Å². The van der Waals surface area contributed by atoms with E-state index in [2.05, 4.69) is 45.2 Å². The lowest BCUT2D eigenvalue weighted by Crippen LogP contribution is -2.44. The number of carbonyl (C=O) groups is 2. The van der Waals surface area contributed by atoms with Crippen LogP contribution in [-0.2, 0) is 45.4 Å². The Balaban J connectivity index is 1.35. The van der Waals surface area contributed by atoms with Gasteiger partial charge in [-0.1, -0.05) is 146 Å². The molecule has 282 valence electrons. The van der Waals surface area contributed by atoms with E-state index in [0.29, 0.717) is 37.4 Å². The second-order valence-electron chi connectivity index (χ2n) is 13.7. The van der Waals surface area contributed by atoms with Crippen LogP contribution in [0.15, 0.2) is 181 Å². The highest BCUT2D eigenvalue weighted by Crippen LogP contribution is 2.37. The van der Waals surface area contributed by atoms with Crippen molar-refractivity contribution >= 4 is 68.4 Å². The molecule has 6 nitrogen and oxygen atoms in total. The SMILES string of the molecule is O=C(C1=C(C(=O)N(Cc2ccccc2)c2ccccc2I)C[C@H](OCc2ccccc2)[C@@H](OCc2ccccc2)C1)N(Cc1ccccc1)c1ccccc1I. The summed E-state index contributed by atoms with van der Waals surface area (Å²) in [6.07, 6.45) is -0.595. The summed E-state index contributed by atoms with van der Waals surface area (Å²) in [5, 5.41) is 0. The van der Waals surface area contributed by atoms with Gasteiger partial charge >= 0.3 is 0 Å². The minimum absolute atomic E-state index is 0.200. The van der Waals surface area contributed by atoms with E-state index in [1.807, 2.05) is 180 Å². The van der Waals surface area contributed by atoms with Gasteiger partial charge in [0.05, 0.1) is 49.9 Å². The summed E-state index contributed by atoms with van der Waals surface area (Å²) in [4.78, 5) is 34.5. The first-order valence-corrected chi connectivity index (χ1v) is 20.8. The third-order valence-electron chi connectivity index (χ3n) is 9.86. The van der Waals surface area contributed by atoms with E-state index in [9.17, 15) is 0 Å². The Kier molecular flexibility index (Phi) is 13.8. The molecule has 0 bridgehead atoms. The Morgan fingerprint density at radius 2 is 0.750 bits per heavy atom. The number of halogens is 2. The quantitative estimate of drug-likeness (QED) is 0.102. The molecule has 1 aliphatic rings. The lowest BCUT2D eigenvalue weighted by molar-refractivity contribution is -0.122. The number of hydrogen-bond acceptors (Lipinski definition) is 4. The molecular formula is C48H42I2N2O4. The van der Waals surface area contributed by atoms with E-state index in [1.54, 1.807) is 0 Å². The van der Waals surface area contributed by atoms with Gasteiger partial charge in [0.1, 0.15) is 0 Å². The van der Waals surface area contributed by atoms with E-state index in [4.69, 9.17) is 9.47 Å². The molecule has 0 N–H and O–H groups in total. The van der Waals surface area contributed by atoms with Gasteiger partial charge in [-0.2, -0.15) is 0 Å². The smallest absolute Gasteiger partial charge is 0.255 e. The summed E-state index contributed by atoms with van der Waals surface area (Å²) in [5.41, 5.74) is 6.44. The van der Waals surface area contributed by atoms with Gasteiger partial charge in [-0.25, -0.2) is 0 Å². The molecule has 0 spiro atoms. The number of benzene rings is 6. The van der Waals surface area contributed by atoms with E-state index < -0.39 is 12.2 Å². The van der Waals surface area contributed by atoms with Crippen molar-refractivity contribution in [2.24, 2.45) is 0 Å².